The number of unbranched alkanes of at least 4 members (excludes halogenated alkanes) is 2. The average molecular weight is 324 g/mol. The molecule has 128 valence electrons. The molecule has 2 rings (SSSR count). The maximum absolute atomic E-state index is 13.2. The first-order valence-electron chi connectivity index (χ1n) is 8.84. The van der Waals surface area contributed by atoms with Crippen LogP contribution in [-0.2, 0) is 6.42 Å². The van der Waals surface area contributed by atoms with Crippen molar-refractivity contribution in [2.75, 3.05) is 0 Å². The monoisotopic (exact) mass is 324 g/mol. The van der Waals surface area contributed by atoms with Crippen LogP contribution in [-0.4, -0.2) is 0 Å². The van der Waals surface area contributed by atoms with Crippen LogP contribution in [0, 0.1) is 29.3 Å². The van der Waals surface area contributed by atoms with Crippen molar-refractivity contribution in [3.8, 4) is 0 Å². The maximum Gasteiger partial charge on any atom is 0.194 e. The van der Waals surface area contributed by atoms with Gasteiger partial charge in [0.1, 0.15) is 0 Å². The summed E-state index contributed by atoms with van der Waals surface area (Å²) in [4.78, 5) is 0. The topological polar surface area (TPSA) is 0 Å². The Bertz CT molecular complexity index is 479. The van der Waals surface area contributed by atoms with E-state index in [4.69, 9.17) is 0 Å². The second-order valence-corrected chi connectivity index (χ2v) is 6.87. The predicted octanol–water partition coefficient (Wildman–Crippen LogP) is 6.59. The van der Waals surface area contributed by atoms with Crippen LogP contribution in [0.5, 0.6) is 0 Å². The molecular formula is C20H27F3. The summed E-state index contributed by atoms with van der Waals surface area (Å²) in [6.45, 7) is 3.75. The number of aryl methyl sites for hydroxylation is 1. The van der Waals surface area contributed by atoms with Crippen LogP contribution < -0.4 is 0 Å². The summed E-state index contributed by atoms with van der Waals surface area (Å²) >= 11 is 0. The molecule has 3 heteroatoms. The fourth-order valence-electron chi connectivity index (χ4n) is 3.65. The van der Waals surface area contributed by atoms with Crippen LogP contribution in [0.25, 0.3) is 0 Å². The third-order valence-corrected chi connectivity index (χ3v) is 5.12. The van der Waals surface area contributed by atoms with Gasteiger partial charge in [-0.3, -0.25) is 0 Å². The third kappa shape index (κ3) is 5.71. The Kier molecular flexibility index (Phi) is 7.19. The third-order valence-electron chi connectivity index (χ3n) is 5.12. The van der Waals surface area contributed by atoms with Gasteiger partial charge in [-0.1, -0.05) is 44.6 Å². The van der Waals surface area contributed by atoms with E-state index in [1.807, 2.05) is 6.08 Å². The van der Waals surface area contributed by atoms with Gasteiger partial charge in [0, 0.05) is 0 Å². The van der Waals surface area contributed by atoms with Gasteiger partial charge in [-0.2, -0.15) is 0 Å². The molecule has 0 heterocycles. The van der Waals surface area contributed by atoms with Crippen molar-refractivity contribution in [2.45, 2.75) is 64.2 Å². The Morgan fingerprint density at radius 2 is 1.48 bits per heavy atom. The lowest BCUT2D eigenvalue weighted by atomic mass is 9.78. The highest BCUT2D eigenvalue weighted by Gasteiger charge is 2.21. The molecule has 0 atom stereocenters. The van der Waals surface area contributed by atoms with Crippen LogP contribution in [0.15, 0.2) is 24.8 Å². The van der Waals surface area contributed by atoms with E-state index in [0.29, 0.717) is 17.9 Å². The van der Waals surface area contributed by atoms with E-state index in [-0.39, 0.29) is 0 Å². The molecule has 1 aliphatic carbocycles. The summed E-state index contributed by atoms with van der Waals surface area (Å²) in [6, 6.07) is 2.26. The minimum absolute atomic E-state index is 0.563. The fourth-order valence-corrected chi connectivity index (χ4v) is 3.65. The first-order chi connectivity index (χ1) is 11.1. The number of hydrogen-bond donors (Lipinski definition) is 0. The summed E-state index contributed by atoms with van der Waals surface area (Å²) in [5.41, 5.74) is 0.563. The Balaban J connectivity index is 1.69. The van der Waals surface area contributed by atoms with Gasteiger partial charge in [-0.25, -0.2) is 13.2 Å². The van der Waals surface area contributed by atoms with E-state index >= 15 is 0 Å². The molecule has 0 spiro atoms. The van der Waals surface area contributed by atoms with Crippen molar-refractivity contribution in [3.05, 3.63) is 47.8 Å². The van der Waals surface area contributed by atoms with Gasteiger partial charge in [0.2, 0.25) is 0 Å². The maximum atomic E-state index is 13.2. The first kappa shape index (κ1) is 18.1. The molecule has 0 amide bonds. The molecule has 0 aliphatic heterocycles. The molecule has 0 aromatic heterocycles. The van der Waals surface area contributed by atoms with Crippen LogP contribution in [0.4, 0.5) is 13.2 Å². The second kappa shape index (κ2) is 9.14. The molecule has 1 fully saturated rings. The summed E-state index contributed by atoms with van der Waals surface area (Å²) in [5, 5.41) is 0. The van der Waals surface area contributed by atoms with Gasteiger partial charge in [0.15, 0.2) is 17.5 Å². The van der Waals surface area contributed by atoms with Gasteiger partial charge in [-0.05, 0) is 55.2 Å². The average Bonchev–Trinajstić information content (AvgIpc) is 2.55. The summed E-state index contributed by atoms with van der Waals surface area (Å²) in [7, 11) is 0. The molecule has 0 radical (unpaired) electrons. The lowest BCUT2D eigenvalue weighted by Gasteiger charge is -2.28. The number of rotatable bonds is 8. The number of allylic oxidation sites excluding steroid dienone is 1. The number of halogens is 3. The molecule has 0 saturated heterocycles. The number of benzene rings is 1. The minimum Gasteiger partial charge on any atom is -0.204 e. The minimum atomic E-state index is -1.37. The molecule has 0 N–H and O–H groups in total. The molecular weight excluding hydrogens is 297 g/mol. The van der Waals surface area contributed by atoms with Crippen LogP contribution in [0.2, 0.25) is 0 Å². The van der Waals surface area contributed by atoms with Crippen molar-refractivity contribution in [3.63, 3.8) is 0 Å². The molecule has 0 bridgehead atoms. The highest BCUT2D eigenvalue weighted by Crippen LogP contribution is 2.34. The summed E-state index contributed by atoms with van der Waals surface area (Å²) in [5.74, 6) is -2.05. The van der Waals surface area contributed by atoms with Crippen molar-refractivity contribution in [1.82, 2.24) is 0 Å². The van der Waals surface area contributed by atoms with Crippen LogP contribution in [0.3, 0.4) is 0 Å². The molecule has 23 heavy (non-hydrogen) atoms. The molecule has 1 saturated carbocycles. The molecule has 0 unspecified atom stereocenters. The highest BCUT2D eigenvalue weighted by molar-refractivity contribution is 5.19. The van der Waals surface area contributed by atoms with E-state index in [2.05, 4.69) is 6.58 Å². The van der Waals surface area contributed by atoms with Gasteiger partial charge >= 0.3 is 0 Å². The van der Waals surface area contributed by atoms with Crippen molar-refractivity contribution >= 4 is 0 Å². The van der Waals surface area contributed by atoms with Gasteiger partial charge in [-0.15, -0.1) is 6.58 Å². The Labute approximate surface area is 137 Å². The molecule has 0 nitrogen and oxygen atoms in total. The first-order valence-corrected chi connectivity index (χ1v) is 8.84. The quantitative estimate of drug-likeness (QED) is 0.287. The second-order valence-electron chi connectivity index (χ2n) is 6.87. The zero-order valence-electron chi connectivity index (χ0n) is 13.8. The van der Waals surface area contributed by atoms with E-state index in [0.717, 1.165) is 30.9 Å². The standard InChI is InChI=1S/C20H27F3/c1-2-3-4-5-6-15-7-9-16(10-8-15)11-12-17-13-18(21)20(23)19(22)14-17/h2,13-16H,1,3-12H2/t15-,16-. The van der Waals surface area contributed by atoms with Crippen LogP contribution in [0.1, 0.15) is 63.4 Å². The van der Waals surface area contributed by atoms with E-state index in [1.165, 1.54) is 44.9 Å². The molecule has 1 aromatic carbocycles. The van der Waals surface area contributed by atoms with Crippen molar-refractivity contribution in [2.24, 2.45) is 11.8 Å². The Hall–Kier alpha value is -1.25. The van der Waals surface area contributed by atoms with E-state index < -0.39 is 17.5 Å². The Morgan fingerprint density at radius 3 is 2.04 bits per heavy atom. The molecule has 1 aliphatic rings. The SMILES string of the molecule is C=CCCCC[C@H]1CC[C@H](CCc2cc(F)c(F)c(F)c2)CC1. The Morgan fingerprint density at radius 1 is 0.913 bits per heavy atom. The lowest BCUT2D eigenvalue weighted by Crippen LogP contribution is -2.15. The zero-order valence-corrected chi connectivity index (χ0v) is 13.8. The molecule has 1 aromatic rings. The largest absolute Gasteiger partial charge is 0.204 e. The highest BCUT2D eigenvalue weighted by atomic mass is 19.2. The fraction of sp³-hybridized carbons (Fsp3) is 0.600. The predicted molar refractivity (Wildman–Crippen MR) is 88.8 cm³/mol. The van der Waals surface area contributed by atoms with Gasteiger partial charge in [0.05, 0.1) is 0 Å². The normalized spacial score (nSPS) is 21.3. The summed E-state index contributed by atoms with van der Waals surface area (Å²) < 4.78 is 39.4. The number of hydrogen-bond acceptors (Lipinski definition) is 0. The summed E-state index contributed by atoms with van der Waals surface area (Å²) in [6.07, 6.45) is 13.5. The zero-order chi connectivity index (χ0) is 16.7. The van der Waals surface area contributed by atoms with Gasteiger partial charge < -0.3 is 0 Å². The smallest absolute Gasteiger partial charge is 0.194 e. The van der Waals surface area contributed by atoms with Gasteiger partial charge in [0.25, 0.3) is 0 Å². The van der Waals surface area contributed by atoms with Crippen molar-refractivity contribution in [1.29, 1.82) is 0 Å². The van der Waals surface area contributed by atoms with Crippen LogP contribution >= 0.6 is 0 Å². The van der Waals surface area contributed by atoms with Crippen molar-refractivity contribution < 1.29 is 13.2 Å². The lowest BCUT2D eigenvalue weighted by molar-refractivity contribution is 0.249. The van der Waals surface area contributed by atoms with E-state index in [9.17, 15) is 13.2 Å². The van der Waals surface area contributed by atoms with E-state index in [1.54, 1.807) is 0 Å².